The molecule has 0 amide bonds. The summed E-state index contributed by atoms with van der Waals surface area (Å²) in [4.78, 5) is 2.44. The lowest BCUT2D eigenvalue weighted by Gasteiger charge is -2.27. The van der Waals surface area contributed by atoms with Crippen molar-refractivity contribution in [1.29, 1.82) is 0 Å². The van der Waals surface area contributed by atoms with Crippen molar-refractivity contribution >= 4 is 24.8 Å². The average Bonchev–Trinajstić information content (AvgIpc) is 2.31. The number of aliphatic hydroxyl groups excluding tert-OH is 1. The summed E-state index contributed by atoms with van der Waals surface area (Å²) < 4.78 is 0. The molecule has 1 saturated heterocycles. The first-order chi connectivity index (χ1) is 7.38. The van der Waals surface area contributed by atoms with E-state index in [1.807, 2.05) is 12.1 Å². The zero-order valence-corrected chi connectivity index (χ0v) is 11.4. The second kappa shape index (κ2) is 8.72. The lowest BCUT2D eigenvalue weighted by Crippen LogP contribution is -2.42. The molecule has 1 aliphatic rings. The molecule has 1 aliphatic heterocycles. The van der Waals surface area contributed by atoms with Crippen LogP contribution in [0.5, 0.6) is 0 Å². The summed E-state index contributed by atoms with van der Waals surface area (Å²) in [6, 6.07) is 8.19. The van der Waals surface area contributed by atoms with E-state index in [2.05, 4.69) is 22.3 Å². The fourth-order valence-corrected chi connectivity index (χ4v) is 1.95. The molecule has 2 rings (SSSR count). The van der Waals surface area contributed by atoms with Gasteiger partial charge in [-0.25, -0.2) is 0 Å². The minimum atomic E-state index is 0. The van der Waals surface area contributed by atoms with Gasteiger partial charge in [0.25, 0.3) is 0 Å². The molecule has 0 saturated carbocycles. The Kier molecular flexibility index (Phi) is 8.56. The van der Waals surface area contributed by atoms with Crippen LogP contribution in [0, 0.1) is 0 Å². The number of aliphatic hydroxyl groups is 1. The van der Waals surface area contributed by atoms with Gasteiger partial charge in [0, 0.05) is 32.7 Å². The molecular weight excluding hydrogens is 259 g/mol. The van der Waals surface area contributed by atoms with Gasteiger partial charge in [0.2, 0.25) is 0 Å². The van der Waals surface area contributed by atoms with E-state index in [1.54, 1.807) is 0 Å². The fraction of sp³-hybridized carbons (Fsp3) is 0.500. The number of nitrogens with zero attached hydrogens (tertiary/aromatic N) is 1. The summed E-state index contributed by atoms with van der Waals surface area (Å²) >= 11 is 0. The Morgan fingerprint density at radius 2 is 1.76 bits per heavy atom. The van der Waals surface area contributed by atoms with E-state index in [1.165, 1.54) is 5.56 Å². The van der Waals surface area contributed by atoms with Crippen molar-refractivity contribution in [2.24, 2.45) is 0 Å². The molecule has 0 atom stereocenters. The third-order valence-electron chi connectivity index (χ3n) is 2.79. The monoisotopic (exact) mass is 278 g/mol. The van der Waals surface area contributed by atoms with Crippen molar-refractivity contribution in [3.63, 3.8) is 0 Å². The minimum absolute atomic E-state index is 0. The molecule has 0 unspecified atom stereocenters. The van der Waals surface area contributed by atoms with Crippen molar-refractivity contribution in [3.8, 4) is 0 Å². The Bertz CT molecular complexity index is 317. The van der Waals surface area contributed by atoms with Gasteiger partial charge in [-0.2, -0.15) is 0 Å². The van der Waals surface area contributed by atoms with Gasteiger partial charge in [-0.15, -0.1) is 24.8 Å². The summed E-state index contributed by atoms with van der Waals surface area (Å²) in [6.45, 7) is 5.52. The first kappa shape index (κ1) is 16.7. The molecule has 1 heterocycles. The van der Waals surface area contributed by atoms with Gasteiger partial charge in [0.05, 0.1) is 6.61 Å². The van der Waals surface area contributed by atoms with Crippen LogP contribution < -0.4 is 5.32 Å². The van der Waals surface area contributed by atoms with E-state index < -0.39 is 0 Å². The summed E-state index contributed by atoms with van der Waals surface area (Å²) in [5.74, 6) is 0. The van der Waals surface area contributed by atoms with Crippen LogP contribution in [0.25, 0.3) is 0 Å². The van der Waals surface area contributed by atoms with Crippen LogP contribution in [0.1, 0.15) is 11.1 Å². The van der Waals surface area contributed by atoms with Crippen LogP contribution >= 0.6 is 24.8 Å². The van der Waals surface area contributed by atoms with Crippen LogP contribution in [0.3, 0.4) is 0 Å². The van der Waals surface area contributed by atoms with E-state index >= 15 is 0 Å². The summed E-state index contributed by atoms with van der Waals surface area (Å²) in [5, 5.41) is 12.4. The molecule has 3 nitrogen and oxygen atoms in total. The SMILES string of the molecule is Cl.Cl.OCc1cccc(CN2CCNCC2)c1. The molecule has 1 aromatic carbocycles. The largest absolute Gasteiger partial charge is 0.392 e. The molecule has 5 heteroatoms. The number of hydrogen-bond acceptors (Lipinski definition) is 3. The standard InChI is InChI=1S/C12H18N2O.2ClH/c15-10-12-3-1-2-11(8-12)9-14-6-4-13-5-7-14;;/h1-3,8,13,15H,4-7,9-10H2;2*1H. The number of hydrogen-bond donors (Lipinski definition) is 2. The Morgan fingerprint density at radius 1 is 1.12 bits per heavy atom. The first-order valence-corrected chi connectivity index (χ1v) is 5.50. The fourth-order valence-electron chi connectivity index (χ4n) is 1.95. The van der Waals surface area contributed by atoms with Gasteiger partial charge < -0.3 is 10.4 Å². The zero-order chi connectivity index (χ0) is 10.5. The van der Waals surface area contributed by atoms with Crippen molar-refractivity contribution in [2.45, 2.75) is 13.2 Å². The first-order valence-electron chi connectivity index (χ1n) is 5.50. The van der Waals surface area contributed by atoms with Crippen molar-refractivity contribution in [2.75, 3.05) is 26.2 Å². The number of benzene rings is 1. The number of rotatable bonds is 3. The molecule has 98 valence electrons. The zero-order valence-electron chi connectivity index (χ0n) is 9.76. The Labute approximate surface area is 115 Å². The van der Waals surface area contributed by atoms with Crippen molar-refractivity contribution in [1.82, 2.24) is 10.2 Å². The van der Waals surface area contributed by atoms with E-state index in [-0.39, 0.29) is 31.4 Å². The molecule has 0 radical (unpaired) electrons. The molecule has 1 fully saturated rings. The highest BCUT2D eigenvalue weighted by Gasteiger charge is 2.09. The Hall–Kier alpha value is -0.320. The molecule has 0 aromatic heterocycles. The van der Waals surface area contributed by atoms with Gasteiger partial charge in [-0.05, 0) is 11.1 Å². The second-order valence-corrected chi connectivity index (χ2v) is 4.00. The van der Waals surface area contributed by atoms with Crippen molar-refractivity contribution in [3.05, 3.63) is 35.4 Å². The van der Waals surface area contributed by atoms with E-state index in [0.29, 0.717) is 0 Å². The smallest absolute Gasteiger partial charge is 0.0681 e. The van der Waals surface area contributed by atoms with Gasteiger partial charge >= 0.3 is 0 Å². The molecular formula is C12H20Cl2N2O. The Balaban J connectivity index is 0.00000128. The molecule has 17 heavy (non-hydrogen) atoms. The molecule has 2 N–H and O–H groups in total. The van der Waals surface area contributed by atoms with Gasteiger partial charge in [0.1, 0.15) is 0 Å². The highest BCUT2D eigenvalue weighted by Crippen LogP contribution is 2.08. The number of halogens is 2. The quantitative estimate of drug-likeness (QED) is 0.878. The van der Waals surface area contributed by atoms with E-state index in [0.717, 1.165) is 38.3 Å². The lowest BCUT2D eigenvalue weighted by atomic mass is 10.1. The Morgan fingerprint density at radius 3 is 2.41 bits per heavy atom. The molecule has 0 bridgehead atoms. The molecule has 1 aromatic rings. The normalized spacial score (nSPS) is 15.8. The van der Waals surface area contributed by atoms with Crippen LogP contribution in [-0.2, 0) is 13.2 Å². The average molecular weight is 279 g/mol. The summed E-state index contributed by atoms with van der Waals surface area (Å²) in [6.07, 6.45) is 0. The number of nitrogens with one attached hydrogen (secondary N) is 1. The third kappa shape index (κ3) is 5.23. The van der Waals surface area contributed by atoms with Crippen LogP contribution in [0.4, 0.5) is 0 Å². The molecule has 0 spiro atoms. The van der Waals surface area contributed by atoms with E-state index in [9.17, 15) is 0 Å². The number of piperazine rings is 1. The highest BCUT2D eigenvalue weighted by atomic mass is 35.5. The van der Waals surface area contributed by atoms with Gasteiger partial charge in [-0.1, -0.05) is 24.3 Å². The predicted octanol–water partition coefficient (Wildman–Crippen LogP) is 1.43. The van der Waals surface area contributed by atoms with Crippen LogP contribution in [0.2, 0.25) is 0 Å². The predicted molar refractivity (Wildman–Crippen MR) is 75.0 cm³/mol. The lowest BCUT2D eigenvalue weighted by molar-refractivity contribution is 0.233. The van der Waals surface area contributed by atoms with E-state index in [4.69, 9.17) is 5.11 Å². The van der Waals surface area contributed by atoms with Gasteiger partial charge in [-0.3, -0.25) is 4.90 Å². The van der Waals surface area contributed by atoms with Crippen LogP contribution in [0.15, 0.2) is 24.3 Å². The van der Waals surface area contributed by atoms with Crippen molar-refractivity contribution < 1.29 is 5.11 Å². The second-order valence-electron chi connectivity index (χ2n) is 4.00. The topological polar surface area (TPSA) is 35.5 Å². The minimum Gasteiger partial charge on any atom is -0.392 e. The molecule has 0 aliphatic carbocycles. The maximum Gasteiger partial charge on any atom is 0.0681 e. The summed E-state index contributed by atoms with van der Waals surface area (Å²) in [5.41, 5.74) is 2.30. The van der Waals surface area contributed by atoms with Crippen LogP contribution in [-0.4, -0.2) is 36.2 Å². The highest BCUT2D eigenvalue weighted by molar-refractivity contribution is 5.85. The van der Waals surface area contributed by atoms with Gasteiger partial charge in [0.15, 0.2) is 0 Å². The maximum absolute atomic E-state index is 9.04. The summed E-state index contributed by atoms with van der Waals surface area (Å²) in [7, 11) is 0. The third-order valence-corrected chi connectivity index (χ3v) is 2.79. The maximum atomic E-state index is 9.04.